The van der Waals surface area contributed by atoms with Crippen molar-refractivity contribution in [3.05, 3.63) is 71.2 Å². The van der Waals surface area contributed by atoms with Gasteiger partial charge in [-0.3, -0.25) is 9.78 Å². The molecule has 23 heavy (non-hydrogen) atoms. The van der Waals surface area contributed by atoms with Gasteiger partial charge in [-0.2, -0.15) is 0 Å². The van der Waals surface area contributed by atoms with E-state index >= 15 is 0 Å². The molecule has 3 aromatic heterocycles. The topological polar surface area (TPSA) is 74.4 Å². The number of pyridine rings is 1. The van der Waals surface area contributed by atoms with Gasteiger partial charge in [-0.25, -0.2) is 9.37 Å². The average Bonchev–Trinajstić information content (AvgIpc) is 3.01. The summed E-state index contributed by atoms with van der Waals surface area (Å²) in [4.78, 5) is 25.9. The zero-order valence-electron chi connectivity index (χ0n) is 11.9. The largest absolute Gasteiger partial charge is 0.339 e. The van der Waals surface area contributed by atoms with Gasteiger partial charge in [-0.1, -0.05) is 0 Å². The van der Waals surface area contributed by atoms with Crippen molar-refractivity contribution in [3.63, 3.8) is 0 Å². The second-order valence-electron chi connectivity index (χ2n) is 5.11. The van der Waals surface area contributed by atoms with Crippen molar-refractivity contribution >= 4 is 11.0 Å². The molecule has 0 radical (unpaired) electrons. The van der Waals surface area contributed by atoms with Crippen LogP contribution in [0.2, 0.25) is 0 Å². The van der Waals surface area contributed by atoms with Crippen molar-refractivity contribution in [1.82, 2.24) is 19.9 Å². The molecule has 0 amide bonds. The standard InChI is InChI=1S/C17H11FN4O/c18-12-3-1-10(2-4-12)14-7-11(5-6-19-14)15-8-13-16(22-15)20-9-21-17(13)23/h1-9H,(H2,20,21,22,23). The SMILES string of the molecule is O=c1[nH]cnc2[nH]c(-c3ccnc(-c4ccc(F)cc4)c3)cc12. The van der Waals surface area contributed by atoms with E-state index in [0.29, 0.717) is 11.0 Å². The predicted molar refractivity (Wildman–Crippen MR) is 85.3 cm³/mol. The third-order valence-corrected chi connectivity index (χ3v) is 3.64. The Hall–Kier alpha value is -3.28. The second kappa shape index (κ2) is 5.17. The number of H-pyrrole nitrogens is 2. The molecule has 4 aromatic rings. The molecule has 0 unspecified atom stereocenters. The lowest BCUT2D eigenvalue weighted by Gasteiger charge is -2.03. The number of halogens is 1. The predicted octanol–water partition coefficient (Wildman–Crippen LogP) is 3.12. The van der Waals surface area contributed by atoms with Gasteiger partial charge >= 0.3 is 0 Å². The van der Waals surface area contributed by atoms with Crippen LogP contribution in [0.25, 0.3) is 33.5 Å². The molecule has 0 atom stereocenters. The summed E-state index contributed by atoms with van der Waals surface area (Å²) in [5.41, 5.74) is 3.53. The van der Waals surface area contributed by atoms with Crippen LogP contribution >= 0.6 is 0 Å². The van der Waals surface area contributed by atoms with Crippen molar-refractivity contribution in [3.8, 4) is 22.5 Å². The first-order valence-electron chi connectivity index (χ1n) is 6.99. The highest BCUT2D eigenvalue weighted by molar-refractivity contribution is 5.82. The molecule has 4 rings (SSSR count). The third kappa shape index (κ3) is 2.40. The van der Waals surface area contributed by atoms with Gasteiger partial charge in [0.2, 0.25) is 0 Å². The molecule has 0 aliphatic rings. The Bertz CT molecular complexity index is 1050. The summed E-state index contributed by atoms with van der Waals surface area (Å²) in [6.45, 7) is 0. The fourth-order valence-corrected chi connectivity index (χ4v) is 2.48. The van der Waals surface area contributed by atoms with Crippen molar-refractivity contribution in [2.75, 3.05) is 0 Å². The molecule has 3 heterocycles. The van der Waals surface area contributed by atoms with E-state index in [0.717, 1.165) is 22.5 Å². The maximum absolute atomic E-state index is 13.0. The molecule has 0 saturated carbocycles. The normalized spacial score (nSPS) is 11.0. The van der Waals surface area contributed by atoms with Gasteiger partial charge in [0.25, 0.3) is 5.56 Å². The molecular formula is C17H11FN4O. The van der Waals surface area contributed by atoms with Crippen LogP contribution in [0.4, 0.5) is 4.39 Å². The summed E-state index contributed by atoms with van der Waals surface area (Å²) in [6.07, 6.45) is 3.04. The number of rotatable bonds is 2. The number of aromatic nitrogens is 4. The Morgan fingerprint density at radius 2 is 1.78 bits per heavy atom. The fraction of sp³-hybridized carbons (Fsp3) is 0. The van der Waals surface area contributed by atoms with Crippen LogP contribution in [-0.2, 0) is 0 Å². The summed E-state index contributed by atoms with van der Waals surface area (Å²) in [6, 6.07) is 11.6. The molecule has 5 nitrogen and oxygen atoms in total. The smallest absolute Gasteiger partial charge is 0.260 e. The summed E-state index contributed by atoms with van der Waals surface area (Å²) in [7, 11) is 0. The number of hydrogen-bond donors (Lipinski definition) is 2. The van der Waals surface area contributed by atoms with E-state index in [9.17, 15) is 9.18 Å². The molecule has 0 bridgehead atoms. The Morgan fingerprint density at radius 1 is 0.957 bits per heavy atom. The first kappa shape index (κ1) is 13.4. The van der Waals surface area contributed by atoms with Crippen LogP contribution < -0.4 is 5.56 Å². The quantitative estimate of drug-likeness (QED) is 0.597. The summed E-state index contributed by atoms with van der Waals surface area (Å²) >= 11 is 0. The molecular weight excluding hydrogens is 295 g/mol. The number of hydrogen-bond acceptors (Lipinski definition) is 3. The zero-order chi connectivity index (χ0) is 15.8. The van der Waals surface area contributed by atoms with Gasteiger partial charge in [0, 0.05) is 23.0 Å². The molecule has 0 fully saturated rings. The van der Waals surface area contributed by atoms with E-state index < -0.39 is 0 Å². The van der Waals surface area contributed by atoms with Crippen LogP contribution in [0.15, 0.2) is 59.8 Å². The molecule has 0 aliphatic heterocycles. The number of aromatic amines is 2. The van der Waals surface area contributed by atoms with Crippen molar-refractivity contribution in [2.45, 2.75) is 0 Å². The van der Waals surface area contributed by atoms with E-state index in [-0.39, 0.29) is 11.4 Å². The minimum atomic E-state index is -0.286. The highest BCUT2D eigenvalue weighted by Crippen LogP contribution is 2.25. The number of nitrogens with one attached hydrogen (secondary N) is 2. The highest BCUT2D eigenvalue weighted by Gasteiger charge is 2.08. The van der Waals surface area contributed by atoms with Crippen LogP contribution in [-0.4, -0.2) is 19.9 Å². The molecule has 6 heteroatoms. The van der Waals surface area contributed by atoms with Gasteiger partial charge in [0.05, 0.1) is 17.4 Å². The first-order chi connectivity index (χ1) is 11.2. The van der Waals surface area contributed by atoms with Crippen LogP contribution in [0.5, 0.6) is 0 Å². The monoisotopic (exact) mass is 306 g/mol. The molecule has 0 aliphatic carbocycles. The average molecular weight is 306 g/mol. The fourth-order valence-electron chi connectivity index (χ4n) is 2.48. The summed E-state index contributed by atoms with van der Waals surface area (Å²) in [5, 5.41) is 0.502. The molecule has 0 spiro atoms. The Labute approximate surface area is 129 Å². The van der Waals surface area contributed by atoms with E-state index in [1.165, 1.54) is 18.5 Å². The van der Waals surface area contributed by atoms with Crippen molar-refractivity contribution in [1.29, 1.82) is 0 Å². The number of fused-ring (bicyclic) bond motifs is 1. The van der Waals surface area contributed by atoms with Crippen molar-refractivity contribution < 1.29 is 4.39 Å². The van der Waals surface area contributed by atoms with E-state index in [1.807, 2.05) is 12.1 Å². The lowest BCUT2D eigenvalue weighted by Crippen LogP contribution is -2.04. The second-order valence-corrected chi connectivity index (χ2v) is 5.11. The molecule has 0 saturated heterocycles. The minimum absolute atomic E-state index is 0.190. The number of benzene rings is 1. The molecule has 2 N–H and O–H groups in total. The maximum atomic E-state index is 13.0. The first-order valence-corrected chi connectivity index (χ1v) is 6.99. The van der Waals surface area contributed by atoms with Gasteiger partial charge in [0.15, 0.2) is 0 Å². The maximum Gasteiger partial charge on any atom is 0.260 e. The van der Waals surface area contributed by atoms with E-state index in [1.54, 1.807) is 24.4 Å². The van der Waals surface area contributed by atoms with Gasteiger partial charge in [0.1, 0.15) is 11.5 Å². The number of nitrogens with zero attached hydrogens (tertiary/aromatic N) is 2. The zero-order valence-corrected chi connectivity index (χ0v) is 11.9. The van der Waals surface area contributed by atoms with Crippen molar-refractivity contribution in [2.24, 2.45) is 0 Å². The Kier molecular flexibility index (Phi) is 3.01. The van der Waals surface area contributed by atoms with Gasteiger partial charge in [-0.15, -0.1) is 0 Å². The summed E-state index contributed by atoms with van der Waals surface area (Å²) < 4.78 is 13.0. The summed E-state index contributed by atoms with van der Waals surface area (Å²) in [5.74, 6) is -0.286. The third-order valence-electron chi connectivity index (χ3n) is 3.64. The van der Waals surface area contributed by atoms with E-state index in [4.69, 9.17) is 0 Å². The van der Waals surface area contributed by atoms with Gasteiger partial charge < -0.3 is 9.97 Å². The molecule has 112 valence electrons. The Morgan fingerprint density at radius 3 is 2.57 bits per heavy atom. The molecule has 1 aromatic carbocycles. The van der Waals surface area contributed by atoms with Crippen LogP contribution in [0.1, 0.15) is 0 Å². The van der Waals surface area contributed by atoms with Gasteiger partial charge in [-0.05, 0) is 42.5 Å². The lowest BCUT2D eigenvalue weighted by atomic mass is 10.1. The lowest BCUT2D eigenvalue weighted by molar-refractivity contribution is 0.628. The minimum Gasteiger partial charge on any atom is -0.339 e. The van der Waals surface area contributed by atoms with Crippen LogP contribution in [0.3, 0.4) is 0 Å². The highest BCUT2D eigenvalue weighted by atomic mass is 19.1. The van der Waals surface area contributed by atoms with Crippen LogP contribution in [0, 0.1) is 5.82 Å². The Balaban J connectivity index is 1.82. The van der Waals surface area contributed by atoms with E-state index in [2.05, 4.69) is 19.9 Å².